The minimum Gasteiger partial charge on any atom is -0.481 e. The number of rotatable bonds is 4. The van der Waals surface area contributed by atoms with Gasteiger partial charge >= 0.3 is 11.9 Å². The number of carbonyl (C=O) groups excluding carboxylic acids is 1. The van der Waals surface area contributed by atoms with Gasteiger partial charge in [0, 0.05) is 0 Å². The fraction of sp³-hybridized carbons (Fsp3) is 0.429. The normalized spacial score (nSPS) is 12.8. The maximum atomic E-state index is 11.8. The van der Waals surface area contributed by atoms with Crippen molar-refractivity contribution in [2.45, 2.75) is 27.4 Å². The van der Waals surface area contributed by atoms with Crippen LogP contribution in [0.3, 0.4) is 0 Å². The number of carboxylic acids is 1. The third-order valence-corrected chi connectivity index (χ3v) is 2.57. The highest BCUT2D eigenvalue weighted by Gasteiger charge is 2.39. The molecule has 0 aliphatic carbocycles. The van der Waals surface area contributed by atoms with Crippen molar-refractivity contribution < 1.29 is 19.4 Å². The Kier molecular flexibility index (Phi) is 4.48. The second kappa shape index (κ2) is 5.67. The van der Waals surface area contributed by atoms with Gasteiger partial charge in [-0.15, -0.1) is 0 Å². The van der Waals surface area contributed by atoms with Gasteiger partial charge in [0.2, 0.25) is 0 Å². The van der Waals surface area contributed by atoms with Crippen LogP contribution in [0, 0.1) is 11.3 Å². The predicted octanol–water partition coefficient (Wildman–Crippen LogP) is 2.48. The van der Waals surface area contributed by atoms with E-state index >= 15 is 0 Å². The maximum Gasteiger partial charge on any atom is 0.321 e. The molecule has 0 aromatic heterocycles. The first-order valence-electron chi connectivity index (χ1n) is 5.75. The molecule has 1 rings (SSSR count). The molecule has 0 unspecified atom stereocenters. The van der Waals surface area contributed by atoms with Gasteiger partial charge in [-0.2, -0.15) is 0 Å². The topological polar surface area (TPSA) is 63.6 Å². The molecule has 4 heteroatoms. The quantitative estimate of drug-likeness (QED) is 0.658. The van der Waals surface area contributed by atoms with Crippen LogP contribution in [0.4, 0.5) is 0 Å². The molecular formula is C14H18O4. The summed E-state index contributed by atoms with van der Waals surface area (Å²) in [5, 5.41) is 9.08. The Morgan fingerprint density at radius 2 is 1.78 bits per heavy atom. The second-order valence-corrected chi connectivity index (χ2v) is 5.23. The largest absolute Gasteiger partial charge is 0.481 e. The van der Waals surface area contributed by atoms with E-state index in [2.05, 4.69) is 0 Å². The molecule has 0 aliphatic heterocycles. The summed E-state index contributed by atoms with van der Waals surface area (Å²) in [5.74, 6) is -3.00. The van der Waals surface area contributed by atoms with Gasteiger partial charge in [-0.25, -0.2) is 0 Å². The molecule has 0 saturated heterocycles. The van der Waals surface area contributed by atoms with Crippen LogP contribution >= 0.6 is 0 Å². The number of aliphatic carboxylic acids is 1. The minimum absolute atomic E-state index is 0.0968. The monoisotopic (exact) mass is 250 g/mol. The first-order chi connectivity index (χ1) is 8.32. The molecule has 4 nitrogen and oxygen atoms in total. The molecule has 1 atom stereocenters. The van der Waals surface area contributed by atoms with E-state index in [1.165, 1.54) is 0 Å². The van der Waals surface area contributed by atoms with Gasteiger partial charge < -0.3 is 9.84 Å². The van der Waals surface area contributed by atoms with Gasteiger partial charge in [-0.3, -0.25) is 9.59 Å². The van der Waals surface area contributed by atoms with Crippen LogP contribution in [0.1, 0.15) is 26.3 Å². The molecule has 98 valence electrons. The summed E-state index contributed by atoms with van der Waals surface area (Å²) in [6, 6.07) is 9.17. The summed E-state index contributed by atoms with van der Waals surface area (Å²) >= 11 is 0. The van der Waals surface area contributed by atoms with Crippen LogP contribution in [-0.2, 0) is 20.9 Å². The lowest BCUT2D eigenvalue weighted by Crippen LogP contribution is -2.36. The molecule has 0 aliphatic rings. The van der Waals surface area contributed by atoms with E-state index in [0.717, 1.165) is 5.56 Å². The van der Waals surface area contributed by atoms with Crippen molar-refractivity contribution >= 4 is 11.9 Å². The molecule has 0 saturated carbocycles. The van der Waals surface area contributed by atoms with Crippen molar-refractivity contribution in [3.05, 3.63) is 35.9 Å². The van der Waals surface area contributed by atoms with Crippen molar-refractivity contribution in [1.29, 1.82) is 0 Å². The van der Waals surface area contributed by atoms with E-state index in [0.29, 0.717) is 0 Å². The molecule has 0 radical (unpaired) electrons. The third kappa shape index (κ3) is 3.87. The van der Waals surface area contributed by atoms with E-state index in [1.807, 2.05) is 30.3 Å². The van der Waals surface area contributed by atoms with Gasteiger partial charge in [-0.1, -0.05) is 51.1 Å². The standard InChI is InChI=1S/C14H18O4/c1-14(2,3)11(12(15)16)13(17)18-9-10-7-5-4-6-8-10/h4-8,11H,9H2,1-3H3,(H,15,16)/t11-/m0/s1. The van der Waals surface area contributed by atoms with Crippen molar-refractivity contribution in [3.8, 4) is 0 Å². The minimum atomic E-state index is -1.15. The van der Waals surface area contributed by atoms with Gasteiger partial charge in [0.1, 0.15) is 6.61 Å². The lowest BCUT2D eigenvalue weighted by atomic mass is 9.81. The van der Waals surface area contributed by atoms with Crippen LogP contribution in [0.2, 0.25) is 0 Å². The molecule has 0 amide bonds. The molecule has 0 spiro atoms. The number of carbonyl (C=O) groups is 2. The summed E-state index contributed by atoms with van der Waals surface area (Å²) in [4.78, 5) is 22.9. The Hall–Kier alpha value is -1.84. The predicted molar refractivity (Wildman–Crippen MR) is 66.8 cm³/mol. The van der Waals surface area contributed by atoms with Crippen LogP contribution < -0.4 is 0 Å². The van der Waals surface area contributed by atoms with Crippen molar-refractivity contribution in [2.24, 2.45) is 11.3 Å². The Morgan fingerprint density at radius 3 is 2.22 bits per heavy atom. The Labute approximate surface area is 107 Å². The first-order valence-corrected chi connectivity index (χ1v) is 5.75. The van der Waals surface area contributed by atoms with Gasteiger partial charge in [-0.05, 0) is 11.0 Å². The molecule has 0 fully saturated rings. The van der Waals surface area contributed by atoms with Crippen LogP contribution in [0.25, 0.3) is 0 Å². The number of esters is 1. The zero-order chi connectivity index (χ0) is 13.8. The highest BCUT2D eigenvalue weighted by atomic mass is 16.5. The highest BCUT2D eigenvalue weighted by molar-refractivity contribution is 5.94. The fourth-order valence-electron chi connectivity index (χ4n) is 1.64. The lowest BCUT2D eigenvalue weighted by Gasteiger charge is -2.25. The van der Waals surface area contributed by atoms with Crippen LogP contribution in [-0.4, -0.2) is 17.0 Å². The fourth-order valence-corrected chi connectivity index (χ4v) is 1.64. The summed E-state index contributed by atoms with van der Waals surface area (Å²) in [6.45, 7) is 5.21. The van der Waals surface area contributed by atoms with E-state index in [4.69, 9.17) is 9.84 Å². The third-order valence-electron chi connectivity index (χ3n) is 2.57. The molecule has 18 heavy (non-hydrogen) atoms. The van der Waals surface area contributed by atoms with E-state index in [-0.39, 0.29) is 6.61 Å². The van der Waals surface area contributed by atoms with Gasteiger partial charge in [0.15, 0.2) is 5.92 Å². The highest BCUT2D eigenvalue weighted by Crippen LogP contribution is 2.27. The van der Waals surface area contributed by atoms with Gasteiger partial charge in [0.05, 0.1) is 0 Å². The summed E-state index contributed by atoms with van der Waals surface area (Å²) in [7, 11) is 0. The number of hydrogen-bond donors (Lipinski definition) is 1. The summed E-state index contributed by atoms with van der Waals surface area (Å²) in [6.07, 6.45) is 0. The van der Waals surface area contributed by atoms with E-state index in [1.54, 1.807) is 20.8 Å². The van der Waals surface area contributed by atoms with Crippen LogP contribution in [0.15, 0.2) is 30.3 Å². The summed E-state index contributed by atoms with van der Waals surface area (Å²) < 4.78 is 5.06. The smallest absolute Gasteiger partial charge is 0.321 e. The van der Waals surface area contributed by atoms with Crippen molar-refractivity contribution in [3.63, 3.8) is 0 Å². The number of carboxylic acid groups (broad SMARTS) is 1. The average molecular weight is 250 g/mol. The van der Waals surface area contributed by atoms with E-state index in [9.17, 15) is 9.59 Å². The SMILES string of the molecule is CC(C)(C)[C@@H](C(=O)O)C(=O)OCc1ccccc1. The zero-order valence-electron chi connectivity index (χ0n) is 10.8. The number of benzene rings is 1. The van der Waals surface area contributed by atoms with E-state index < -0.39 is 23.3 Å². The molecule has 1 N–H and O–H groups in total. The average Bonchev–Trinajstić information content (AvgIpc) is 2.25. The zero-order valence-corrected chi connectivity index (χ0v) is 10.8. The van der Waals surface area contributed by atoms with Crippen LogP contribution in [0.5, 0.6) is 0 Å². The maximum absolute atomic E-state index is 11.8. The molecule has 1 aromatic carbocycles. The van der Waals surface area contributed by atoms with Crippen molar-refractivity contribution in [1.82, 2.24) is 0 Å². The second-order valence-electron chi connectivity index (χ2n) is 5.23. The lowest BCUT2D eigenvalue weighted by molar-refractivity contribution is -0.164. The first kappa shape index (κ1) is 14.2. The van der Waals surface area contributed by atoms with Gasteiger partial charge in [0.25, 0.3) is 0 Å². The molecule has 0 heterocycles. The Balaban J connectivity index is 2.67. The molecular weight excluding hydrogens is 232 g/mol. The number of hydrogen-bond acceptors (Lipinski definition) is 3. The Morgan fingerprint density at radius 1 is 1.22 bits per heavy atom. The number of ether oxygens (including phenoxy) is 1. The van der Waals surface area contributed by atoms with Crippen molar-refractivity contribution in [2.75, 3.05) is 0 Å². The Bertz CT molecular complexity index is 417. The summed E-state index contributed by atoms with van der Waals surface area (Å²) in [5.41, 5.74) is 0.170. The molecule has 0 bridgehead atoms. The molecule has 1 aromatic rings.